The molecule has 0 amide bonds. The fourth-order valence-electron chi connectivity index (χ4n) is 9.32. The maximum absolute atomic E-state index is 7.10. The molecule has 0 heterocycles. The second kappa shape index (κ2) is 14.8. The SMILES string of the molecule is Cc1cc(C)c(B([C]2CC=Cc3ccc(B(c4c(C)cc(C)c(Cl)c4C)c4c(C)cc(C)c(Cl)c4C)cc32)c2c(C)cc(C)c(Cl)c2C)c(C)c1Cl. The normalized spacial score (nSPS) is 12.8. The lowest BCUT2D eigenvalue weighted by Gasteiger charge is -2.34. The molecular formula is C46H47B2Cl4. The molecule has 52 heavy (non-hydrogen) atoms. The van der Waals surface area contributed by atoms with Crippen LogP contribution in [0.15, 0.2) is 48.5 Å². The lowest BCUT2D eigenvalue weighted by molar-refractivity contribution is 1.14. The number of aryl methyl sites for hydroxylation is 8. The molecule has 6 rings (SSSR count). The number of fused-ring (bicyclic) bond motifs is 1. The molecule has 1 radical (unpaired) electrons. The van der Waals surface area contributed by atoms with Crippen LogP contribution in [0, 0.1) is 88.9 Å². The number of hydrogen-bond acceptors (Lipinski definition) is 0. The number of hydrogen-bond donors (Lipinski definition) is 0. The van der Waals surface area contributed by atoms with E-state index < -0.39 is 0 Å². The second-order valence-electron chi connectivity index (χ2n) is 15.3. The minimum Gasteiger partial charge on any atom is -0.0838 e. The first-order valence-electron chi connectivity index (χ1n) is 18.2. The zero-order valence-corrected chi connectivity index (χ0v) is 35.6. The summed E-state index contributed by atoms with van der Waals surface area (Å²) in [4.78, 5) is 0. The largest absolute Gasteiger partial charge is 0.242 e. The van der Waals surface area contributed by atoms with Crippen LogP contribution in [0.5, 0.6) is 0 Å². The van der Waals surface area contributed by atoms with Gasteiger partial charge in [0.05, 0.1) is 0 Å². The van der Waals surface area contributed by atoms with Crippen molar-refractivity contribution >= 4 is 93.2 Å². The van der Waals surface area contributed by atoms with Crippen molar-refractivity contribution in [2.24, 2.45) is 0 Å². The van der Waals surface area contributed by atoms with Crippen LogP contribution in [0.4, 0.5) is 0 Å². The van der Waals surface area contributed by atoms with E-state index in [0.29, 0.717) is 0 Å². The lowest BCUT2D eigenvalue weighted by Crippen LogP contribution is -2.56. The Hall–Kier alpha value is -2.87. The van der Waals surface area contributed by atoms with Gasteiger partial charge in [0.1, 0.15) is 0 Å². The zero-order chi connectivity index (χ0) is 38.1. The first kappa shape index (κ1) is 38.8. The highest BCUT2D eigenvalue weighted by atomic mass is 35.5. The quantitative estimate of drug-likeness (QED) is 0.151. The molecule has 0 saturated heterocycles. The van der Waals surface area contributed by atoms with Crippen molar-refractivity contribution in [3.05, 3.63) is 152 Å². The van der Waals surface area contributed by atoms with Gasteiger partial charge in [-0.25, -0.2) is 0 Å². The molecule has 0 saturated carbocycles. The summed E-state index contributed by atoms with van der Waals surface area (Å²) in [5.41, 5.74) is 22.4. The predicted molar refractivity (Wildman–Crippen MR) is 235 cm³/mol. The summed E-state index contributed by atoms with van der Waals surface area (Å²) in [6.07, 6.45) is 5.39. The zero-order valence-electron chi connectivity index (χ0n) is 32.6. The Morgan fingerprint density at radius 3 is 1.13 bits per heavy atom. The van der Waals surface area contributed by atoms with Gasteiger partial charge in [0, 0.05) is 20.1 Å². The van der Waals surface area contributed by atoms with Gasteiger partial charge < -0.3 is 0 Å². The fraction of sp³-hybridized carbons (Fsp3) is 0.283. The minimum atomic E-state index is -0.0818. The van der Waals surface area contributed by atoms with Crippen LogP contribution in [0.1, 0.15) is 84.3 Å². The molecular weight excluding hydrogens is 716 g/mol. The van der Waals surface area contributed by atoms with Gasteiger partial charge in [-0.05, 0) is 151 Å². The number of benzene rings is 5. The van der Waals surface area contributed by atoms with Crippen molar-refractivity contribution in [3.8, 4) is 0 Å². The molecule has 5 aromatic carbocycles. The summed E-state index contributed by atoms with van der Waals surface area (Å²) in [5.74, 6) is 1.35. The minimum absolute atomic E-state index is 0.0526. The van der Waals surface area contributed by atoms with E-state index in [1.807, 2.05) is 0 Å². The van der Waals surface area contributed by atoms with Gasteiger partial charge in [0.15, 0.2) is 0 Å². The third kappa shape index (κ3) is 6.51. The molecule has 1 aliphatic rings. The summed E-state index contributed by atoms with van der Waals surface area (Å²) in [7, 11) is 0. The highest BCUT2D eigenvalue weighted by Crippen LogP contribution is 2.35. The third-order valence-electron chi connectivity index (χ3n) is 11.6. The second-order valence-corrected chi connectivity index (χ2v) is 16.8. The fourth-order valence-corrected chi connectivity index (χ4v) is 9.95. The van der Waals surface area contributed by atoms with E-state index in [0.717, 1.165) is 71.0 Å². The first-order chi connectivity index (χ1) is 24.5. The third-order valence-corrected chi connectivity index (χ3v) is 14.0. The average molecular weight is 763 g/mol. The smallest absolute Gasteiger partial charge is 0.0838 e. The van der Waals surface area contributed by atoms with Gasteiger partial charge in [-0.1, -0.05) is 151 Å². The van der Waals surface area contributed by atoms with Crippen molar-refractivity contribution < 1.29 is 0 Å². The van der Waals surface area contributed by atoms with Crippen LogP contribution < -0.4 is 27.3 Å². The molecule has 0 aromatic heterocycles. The molecule has 0 atom stereocenters. The van der Waals surface area contributed by atoms with E-state index in [4.69, 9.17) is 46.4 Å². The Bertz CT molecular complexity index is 2190. The summed E-state index contributed by atoms with van der Waals surface area (Å²) >= 11 is 28.3. The Balaban J connectivity index is 1.69. The standard InChI is InChI=1S/C46H47B2Cl4/c1-23-18-27(5)43(49)31(9)39(23)47(40-24(2)19-28(6)44(50)32(40)10)36-17-16-35-14-13-15-38(37(35)22-36)48(41-25(3)20-29(7)45(51)33(41)11)42-26(4)21-30(8)46(52)34(42)12/h13-14,16-22H,15H2,1-12H3. The van der Waals surface area contributed by atoms with E-state index in [1.54, 1.807) is 0 Å². The van der Waals surface area contributed by atoms with Crippen LogP contribution in [0.3, 0.4) is 0 Å². The summed E-state index contributed by atoms with van der Waals surface area (Å²) in [6, 6.07) is 16.0. The summed E-state index contributed by atoms with van der Waals surface area (Å²) < 4.78 is 0. The van der Waals surface area contributed by atoms with Crippen LogP contribution in [0.2, 0.25) is 20.1 Å². The van der Waals surface area contributed by atoms with E-state index in [-0.39, 0.29) is 13.4 Å². The van der Waals surface area contributed by atoms with Gasteiger partial charge in [-0.3, -0.25) is 0 Å². The van der Waals surface area contributed by atoms with Crippen LogP contribution in [-0.4, -0.2) is 13.4 Å². The summed E-state index contributed by atoms with van der Waals surface area (Å²) in [6.45, 7) is 25.8. The predicted octanol–water partition coefficient (Wildman–Crippen LogP) is 10.7. The molecule has 0 bridgehead atoms. The molecule has 0 fully saturated rings. The maximum Gasteiger partial charge on any atom is 0.242 e. The molecule has 0 spiro atoms. The van der Waals surface area contributed by atoms with Gasteiger partial charge in [-0.2, -0.15) is 0 Å². The van der Waals surface area contributed by atoms with Gasteiger partial charge in [0.25, 0.3) is 0 Å². The monoisotopic (exact) mass is 761 g/mol. The number of allylic oxidation sites excluding steroid dienone is 1. The topological polar surface area (TPSA) is 0 Å². The molecule has 5 aromatic rings. The van der Waals surface area contributed by atoms with Gasteiger partial charge >= 0.3 is 0 Å². The molecule has 1 aliphatic carbocycles. The first-order valence-corrected chi connectivity index (χ1v) is 19.7. The number of halogens is 4. The van der Waals surface area contributed by atoms with Crippen molar-refractivity contribution in [2.75, 3.05) is 0 Å². The maximum atomic E-state index is 7.10. The van der Waals surface area contributed by atoms with E-state index in [2.05, 4.69) is 138 Å². The summed E-state index contributed by atoms with van der Waals surface area (Å²) in [5, 5.41) is 3.28. The molecule has 265 valence electrons. The highest BCUT2D eigenvalue weighted by Gasteiger charge is 2.39. The van der Waals surface area contributed by atoms with Crippen molar-refractivity contribution in [3.63, 3.8) is 0 Å². The van der Waals surface area contributed by atoms with Gasteiger partial charge in [-0.15, -0.1) is 0 Å². The van der Waals surface area contributed by atoms with Crippen LogP contribution >= 0.6 is 46.4 Å². The van der Waals surface area contributed by atoms with Crippen molar-refractivity contribution in [1.29, 1.82) is 0 Å². The van der Waals surface area contributed by atoms with Crippen LogP contribution in [0.25, 0.3) is 6.08 Å². The van der Waals surface area contributed by atoms with E-state index >= 15 is 0 Å². The molecule has 0 N–H and O–H groups in total. The highest BCUT2D eigenvalue weighted by molar-refractivity contribution is 6.97. The van der Waals surface area contributed by atoms with E-state index in [9.17, 15) is 0 Å². The molecule has 0 unspecified atom stereocenters. The Morgan fingerprint density at radius 2 is 0.769 bits per heavy atom. The molecule has 0 aliphatic heterocycles. The van der Waals surface area contributed by atoms with Gasteiger partial charge in [0.2, 0.25) is 13.4 Å². The Morgan fingerprint density at radius 1 is 0.423 bits per heavy atom. The number of rotatable bonds is 6. The molecule has 0 nitrogen and oxygen atoms in total. The van der Waals surface area contributed by atoms with Crippen molar-refractivity contribution in [1.82, 2.24) is 0 Å². The van der Waals surface area contributed by atoms with E-state index in [1.165, 1.54) is 66.5 Å². The molecule has 6 heteroatoms. The Kier molecular flexibility index (Phi) is 11.0. The average Bonchev–Trinajstić information content (AvgIpc) is 3.09. The Labute approximate surface area is 333 Å². The van der Waals surface area contributed by atoms with Crippen molar-refractivity contribution in [2.45, 2.75) is 89.5 Å². The lowest BCUT2D eigenvalue weighted by atomic mass is 9.29. The van der Waals surface area contributed by atoms with Crippen LogP contribution in [-0.2, 0) is 0 Å².